The van der Waals surface area contributed by atoms with Crippen molar-refractivity contribution in [3.05, 3.63) is 151 Å². The minimum atomic E-state index is -0.747. The summed E-state index contributed by atoms with van der Waals surface area (Å²) in [6, 6.07) is 27.4. The van der Waals surface area contributed by atoms with Gasteiger partial charge in [-0.2, -0.15) is 0 Å². The molecule has 0 aliphatic carbocycles. The van der Waals surface area contributed by atoms with E-state index in [0.717, 1.165) is 11.1 Å². The maximum absolute atomic E-state index is 13.5. The fraction of sp³-hybridized carbons (Fsp3) is 0.0741. The molecule has 0 aliphatic rings. The van der Waals surface area contributed by atoms with E-state index in [1.165, 1.54) is 12.1 Å². The van der Waals surface area contributed by atoms with Crippen LogP contribution in [0.3, 0.4) is 0 Å². The summed E-state index contributed by atoms with van der Waals surface area (Å²) in [7, 11) is 0. The first kappa shape index (κ1) is 22.5. The highest BCUT2D eigenvalue weighted by Crippen LogP contribution is 2.33. The molecule has 0 amide bonds. The Morgan fingerprint density at radius 3 is 1.29 bits per heavy atom. The van der Waals surface area contributed by atoms with Crippen LogP contribution in [0.2, 0.25) is 0 Å². The van der Waals surface area contributed by atoms with Crippen LogP contribution in [-0.2, 0) is 12.8 Å². The first-order chi connectivity index (χ1) is 16.5. The van der Waals surface area contributed by atoms with Crippen molar-refractivity contribution in [3.8, 4) is 0 Å². The number of hydrogen-bond acceptors (Lipinski definition) is 5. The number of rotatable bonds is 8. The Kier molecular flexibility index (Phi) is 6.54. The highest BCUT2D eigenvalue weighted by molar-refractivity contribution is 6.14. The monoisotopic (exact) mass is 452 g/mol. The molecule has 0 saturated heterocycles. The first-order valence-electron chi connectivity index (χ1n) is 10.6. The van der Waals surface area contributed by atoms with E-state index >= 15 is 0 Å². The largest absolute Gasteiger partial charge is 0.288 e. The van der Waals surface area contributed by atoms with Crippen LogP contribution in [0.1, 0.15) is 38.2 Å². The summed E-state index contributed by atoms with van der Waals surface area (Å²) in [6.07, 6.45) is 0.517. The van der Waals surface area contributed by atoms with Crippen molar-refractivity contribution in [2.45, 2.75) is 12.8 Å². The molecular formula is C27H20N2O5. The summed E-state index contributed by atoms with van der Waals surface area (Å²) in [5.74, 6) is -0.747. The third-order valence-corrected chi connectivity index (χ3v) is 5.57. The fourth-order valence-corrected chi connectivity index (χ4v) is 4.04. The lowest BCUT2D eigenvalue weighted by Crippen LogP contribution is -2.11. The lowest BCUT2D eigenvalue weighted by molar-refractivity contribution is -0.386. The van der Waals surface area contributed by atoms with Crippen molar-refractivity contribution in [1.82, 2.24) is 0 Å². The van der Waals surface area contributed by atoms with Gasteiger partial charge in [-0.25, -0.2) is 0 Å². The number of carbonyl (C=O) groups is 1. The summed E-state index contributed by atoms with van der Waals surface area (Å²) in [5.41, 5.74) is 1.43. The van der Waals surface area contributed by atoms with Crippen LogP contribution < -0.4 is 0 Å². The molecule has 4 aromatic carbocycles. The molecule has 34 heavy (non-hydrogen) atoms. The smallest absolute Gasteiger partial charge is 0.284 e. The molecule has 0 spiro atoms. The van der Waals surface area contributed by atoms with Gasteiger partial charge in [-0.1, -0.05) is 84.9 Å². The zero-order valence-electron chi connectivity index (χ0n) is 18.1. The maximum Gasteiger partial charge on any atom is 0.284 e. The van der Waals surface area contributed by atoms with Crippen molar-refractivity contribution >= 4 is 17.2 Å². The maximum atomic E-state index is 13.5. The molecule has 0 unspecified atom stereocenters. The molecule has 168 valence electrons. The van der Waals surface area contributed by atoms with Gasteiger partial charge < -0.3 is 0 Å². The van der Waals surface area contributed by atoms with E-state index < -0.39 is 15.6 Å². The Bertz CT molecular complexity index is 1260. The van der Waals surface area contributed by atoms with Gasteiger partial charge in [0.15, 0.2) is 0 Å². The lowest BCUT2D eigenvalue weighted by Gasteiger charge is -2.10. The number of hydrogen-bond donors (Lipinski definition) is 0. The number of nitro benzene ring substituents is 2. The molecule has 7 heteroatoms. The molecule has 0 saturated carbocycles. The molecule has 0 aromatic heterocycles. The first-order valence-corrected chi connectivity index (χ1v) is 10.6. The van der Waals surface area contributed by atoms with Gasteiger partial charge in [0, 0.05) is 24.0 Å². The van der Waals surface area contributed by atoms with E-state index in [0.29, 0.717) is 11.1 Å². The molecular weight excluding hydrogens is 432 g/mol. The molecule has 0 bridgehead atoms. The Balaban J connectivity index is 1.80. The summed E-state index contributed by atoms with van der Waals surface area (Å²) in [4.78, 5) is 36.3. The molecule has 0 aliphatic heterocycles. The van der Waals surface area contributed by atoms with Crippen LogP contribution >= 0.6 is 0 Å². The van der Waals surface area contributed by atoms with E-state index in [9.17, 15) is 25.0 Å². The molecule has 0 N–H and O–H groups in total. The highest BCUT2D eigenvalue weighted by Gasteiger charge is 2.31. The van der Waals surface area contributed by atoms with Gasteiger partial charge in [0.25, 0.3) is 11.4 Å². The third kappa shape index (κ3) is 4.73. The number of nitrogens with zero attached hydrogens (tertiary/aromatic N) is 2. The van der Waals surface area contributed by atoms with Crippen LogP contribution in [0.5, 0.6) is 0 Å². The zero-order valence-corrected chi connectivity index (χ0v) is 18.1. The summed E-state index contributed by atoms with van der Waals surface area (Å²) < 4.78 is 0. The normalized spacial score (nSPS) is 10.6. The second-order valence-electron chi connectivity index (χ2n) is 7.79. The lowest BCUT2D eigenvalue weighted by atomic mass is 9.92. The Hall–Kier alpha value is -4.65. The van der Waals surface area contributed by atoms with E-state index in [1.54, 1.807) is 24.3 Å². The third-order valence-electron chi connectivity index (χ3n) is 5.57. The molecule has 4 rings (SSSR count). The number of carbonyl (C=O) groups excluding carboxylic acids is 1. The summed E-state index contributed by atoms with van der Waals surface area (Å²) in [5, 5.41) is 24.0. The van der Waals surface area contributed by atoms with E-state index in [1.807, 2.05) is 60.7 Å². The molecule has 0 atom stereocenters. The second kappa shape index (κ2) is 9.87. The van der Waals surface area contributed by atoms with Crippen LogP contribution in [-0.4, -0.2) is 15.6 Å². The van der Waals surface area contributed by atoms with Gasteiger partial charge in [-0.15, -0.1) is 0 Å². The topological polar surface area (TPSA) is 103 Å². The van der Waals surface area contributed by atoms with Crippen LogP contribution in [0.4, 0.5) is 11.4 Å². The van der Waals surface area contributed by atoms with Crippen molar-refractivity contribution in [1.29, 1.82) is 0 Å². The highest BCUT2D eigenvalue weighted by atomic mass is 16.6. The van der Waals surface area contributed by atoms with Crippen molar-refractivity contribution in [3.63, 3.8) is 0 Å². The average Bonchev–Trinajstić information content (AvgIpc) is 2.84. The Labute approximate surface area is 195 Å². The predicted molar refractivity (Wildman–Crippen MR) is 128 cm³/mol. The molecule has 4 aromatic rings. The van der Waals surface area contributed by atoms with Gasteiger partial charge in [-0.3, -0.25) is 25.0 Å². The number of benzene rings is 4. The Morgan fingerprint density at radius 2 is 0.941 bits per heavy atom. The Morgan fingerprint density at radius 1 is 0.559 bits per heavy atom. The summed E-state index contributed by atoms with van der Waals surface area (Å²) >= 11 is 0. The molecule has 7 nitrogen and oxygen atoms in total. The molecule has 0 heterocycles. The van der Waals surface area contributed by atoms with Gasteiger partial charge in [0.1, 0.15) is 11.1 Å². The average molecular weight is 452 g/mol. The van der Waals surface area contributed by atoms with Crippen molar-refractivity contribution < 1.29 is 14.6 Å². The van der Waals surface area contributed by atoms with Gasteiger partial charge in [-0.05, 0) is 23.3 Å². The number of para-hydroxylation sites is 2. The van der Waals surface area contributed by atoms with E-state index in [4.69, 9.17) is 0 Å². The van der Waals surface area contributed by atoms with Crippen molar-refractivity contribution in [2.75, 3.05) is 0 Å². The summed E-state index contributed by atoms with van der Waals surface area (Å²) in [6.45, 7) is 0. The van der Waals surface area contributed by atoms with Crippen LogP contribution in [0, 0.1) is 20.2 Å². The predicted octanol–water partition coefficient (Wildman–Crippen LogP) is 5.92. The van der Waals surface area contributed by atoms with Gasteiger partial charge in [0.05, 0.1) is 9.85 Å². The standard InChI is InChI=1S/C27H20N2O5/c30-27(23-15-7-13-21(25(23)28(31)32)17-19-9-3-1-4-10-19)24-16-8-14-22(26(24)29(33)34)18-20-11-5-2-6-12-20/h1-16H,17-18H2. The van der Waals surface area contributed by atoms with E-state index in [2.05, 4.69) is 0 Å². The minimum absolute atomic E-state index is 0.168. The number of ketones is 1. The van der Waals surface area contributed by atoms with Crippen molar-refractivity contribution in [2.24, 2.45) is 0 Å². The quantitative estimate of drug-likeness (QED) is 0.188. The SMILES string of the molecule is O=C(c1cccc(Cc2ccccc2)c1[N+](=O)[O-])c1cccc(Cc2ccccc2)c1[N+](=O)[O-]. The second-order valence-corrected chi connectivity index (χ2v) is 7.79. The zero-order chi connectivity index (χ0) is 24.1. The molecule has 0 radical (unpaired) electrons. The van der Waals surface area contributed by atoms with Crippen LogP contribution in [0.15, 0.2) is 97.1 Å². The van der Waals surface area contributed by atoms with Gasteiger partial charge >= 0.3 is 0 Å². The number of nitro groups is 2. The van der Waals surface area contributed by atoms with Gasteiger partial charge in [0.2, 0.25) is 5.78 Å². The molecule has 0 fully saturated rings. The van der Waals surface area contributed by atoms with E-state index in [-0.39, 0.29) is 35.3 Å². The minimum Gasteiger partial charge on any atom is -0.288 e. The van der Waals surface area contributed by atoms with Crippen LogP contribution in [0.25, 0.3) is 0 Å². The fourth-order valence-electron chi connectivity index (χ4n) is 4.04.